The van der Waals surface area contributed by atoms with E-state index in [2.05, 4.69) is 9.71 Å². The van der Waals surface area contributed by atoms with Crippen molar-refractivity contribution in [2.75, 3.05) is 10.8 Å². The number of fused-ring (bicyclic) bond motifs is 1. The first-order valence-electron chi connectivity index (χ1n) is 6.82. The Balaban J connectivity index is 1.78. The molecule has 2 aliphatic rings. The van der Waals surface area contributed by atoms with Crippen molar-refractivity contribution in [3.05, 3.63) is 23.9 Å². The number of aromatic nitrogens is 1. The molecule has 1 aromatic rings. The molecule has 1 atom stereocenters. The van der Waals surface area contributed by atoms with Gasteiger partial charge in [0, 0.05) is 18.8 Å². The van der Waals surface area contributed by atoms with Crippen LogP contribution in [0, 0.1) is 5.92 Å². The number of nitrogens with zero attached hydrogens (tertiary/aromatic N) is 2. The van der Waals surface area contributed by atoms with Crippen LogP contribution in [0.4, 0.5) is 5.82 Å². The van der Waals surface area contributed by atoms with Gasteiger partial charge in [0.05, 0.1) is 0 Å². The quantitative estimate of drug-likeness (QED) is 0.909. The average Bonchev–Trinajstić information content (AvgIpc) is 2.69. The zero-order chi connectivity index (χ0) is 13.5. The molecule has 0 spiro atoms. The molecule has 1 saturated carbocycles. The van der Waals surface area contributed by atoms with Crippen molar-refractivity contribution in [3.8, 4) is 0 Å². The normalized spacial score (nSPS) is 21.0. The maximum Gasteiger partial charge on any atom is 0.303 e. The first kappa shape index (κ1) is 12.9. The van der Waals surface area contributed by atoms with Crippen LogP contribution in [0.2, 0.25) is 0 Å². The van der Waals surface area contributed by atoms with Crippen molar-refractivity contribution in [1.29, 1.82) is 0 Å². The van der Waals surface area contributed by atoms with Crippen molar-refractivity contribution in [2.45, 2.75) is 38.6 Å². The topological polar surface area (TPSA) is 62.3 Å². The Kier molecular flexibility index (Phi) is 3.22. The van der Waals surface area contributed by atoms with Gasteiger partial charge in [-0.05, 0) is 43.7 Å². The monoisotopic (exact) mass is 281 g/mol. The largest absolute Gasteiger partial charge is 0.303 e. The fourth-order valence-corrected chi connectivity index (χ4v) is 4.26. The number of rotatable bonds is 4. The molecule has 1 fully saturated rings. The van der Waals surface area contributed by atoms with Crippen LogP contribution in [0.3, 0.4) is 0 Å². The Morgan fingerprint density at radius 3 is 2.95 bits per heavy atom. The lowest BCUT2D eigenvalue weighted by molar-refractivity contribution is 0.260. The molecule has 6 heteroatoms. The summed E-state index contributed by atoms with van der Waals surface area (Å²) in [5, 5.41) is 0. The molecule has 0 amide bonds. The first-order valence-corrected chi connectivity index (χ1v) is 8.26. The minimum Gasteiger partial charge on any atom is -0.241 e. The molecule has 3 rings (SSSR count). The molecular formula is C13H19N3O2S. The summed E-state index contributed by atoms with van der Waals surface area (Å²) in [6.45, 7) is 2.44. The van der Waals surface area contributed by atoms with Gasteiger partial charge in [-0.1, -0.05) is 12.5 Å². The van der Waals surface area contributed by atoms with Gasteiger partial charge in [0.15, 0.2) is 0 Å². The Morgan fingerprint density at radius 1 is 1.47 bits per heavy atom. The number of anilines is 1. The van der Waals surface area contributed by atoms with Gasteiger partial charge in [-0.25, -0.2) is 9.29 Å². The van der Waals surface area contributed by atoms with E-state index >= 15 is 0 Å². The Hall–Kier alpha value is -1.14. The molecule has 1 aliphatic heterocycles. The van der Waals surface area contributed by atoms with Crippen LogP contribution in [-0.2, 0) is 16.6 Å². The van der Waals surface area contributed by atoms with Crippen molar-refractivity contribution < 1.29 is 8.42 Å². The SMILES string of the molecule is CC(NS(=O)(=O)N1CCc2cccnc21)C1CCC1. The summed E-state index contributed by atoms with van der Waals surface area (Å²) in [7, 11) is -3.47. The molecule has 19 heavy (non-hydrogen) atoms. The summed E-state index contributed by atoms with van der Waals surface area (Å²) in [5.74, 6) is 1.07. The first-order chi connectivity index (χ1) is 9.08. The van der Waals surface area contributed by atoms with Crippen LogP contribution in [-0.4, -0.2) is 26.0 Å². The third-order valence-corrected chi connectivity index (χ3v) is 5.78. The highest BCUT2D eigenvalue weighted by molar-refractivity contribution is 7.90. The molecule has 1 aliphatic carbocycles. The van der Waals surface area contributed by atoms with Gasteiger partial charge in [-0.2, -0.15) is 13.1 Å². The molecule has 1 N–H and O–H groups in total. The van der Waals surface area contributed by atoms with Crippen LogP contribution < -0.4 is 9.03 Å². The molecule has 0 saturated heterocycles. The fraction of sp³-hybridized carbons (Fsp3) is 0.615. The molecule has 5 nitrogen and oxygen atoms in total. The lowest BCUT2D eigenvalue weighted by atomic mass is 9.81. The minimum absolute atomic E-state index is 0.00603. The maximum atomic E-state index is 12.4. The minimum atomic E-state index is -3.47. The Morgan fingerprint density at radius 2 is 2.26 bits per heavy atom. The Labute approximate surface area is 114 Å². The van der Waals surface area contributed by atoms with Gasteiger partial charge >= 0.3 is 10.2 Å². The van der Waals surface area contributed by atoms with Crippen LogP contribution in [0.1, 0.15) is 31.7 Å². The van der Waals surface area contributed by atoms with E-state index in [1.807, 2.05) is 19.1 Å². The predicted octanol–water partition coefficient (Wildman–Crippen LogP) is 1.47. The molecule has 1 aromatic heterocycles. The van der Waals surface area contributed by atoms with E-state index in [4.69, 9.17) is 0 Å². The Bertz CT molecular complexity index is 569. The van der Waals surface area contributed by atoms with Gasteiger partial charge in [0.25, 0.3) is 0 Å². The van der Waals surface area contributed by atoms with Gasteiger partial charge in [0.2, 0.25) is 0 Å². The van der Waals surface area contributed by atoms with E-state index in [9.17, 15) is 8.42 Å². The zero-order valence-electron chi connectivity index (χ0n) is 11.0. The summed E-state index contributed by atoms with van der Waals surface area (Å²) in [5.41, 5.74) is 1.00. The van der Waals surface area contributed by atoms with Crippen molar-refractivity contribution in [3.63, 3.8) is 0 Å². The summed E-state index contributed by atoms with van der Waals surface area (Å²) in [6.07, 6.45) is 5.84. The van der Waals surface area contributed by atoms with Crippen molar-refractivity contribution in [1.82, 2.24) is 9.71 Å². The third-order valence-electron chi connectivity index (χ3n) is 4.17. The van der Waals surface area contributed by atoms with Crippen molar-refractivity contribution in [2.24, 2.45) is 5.92 Å². The van der Waals surface area contributed by atoms with E-state index < -0.39 is 10.2 Å². The van der Waals surface area contributed by atoms with E-state index in [1.54, 1.807) is 6.20 Å². The maximum absolute atomic E-state index is 12.4. The van der Waals surface area contributed by atoms with Crippen LogP contribution in [0.5, 0.6) is 0 Å². The van der Waals surface area contributed by atoms with Gasteiger partial charge in [-0.3, -0.25) is 0 Å². The van der Waals surface area contributed by atoms with Crippen LogP contribution in [0.15, 0.2) is 18.3 Å². The molecule has 104 valence electrons. The number of pyridine rings is 1. The number of hydrogen-bond donors (Lipinski definition) is 1. The number of hydrogen-bond acceptors (Lipinski definition) is 3. The summed E-state index contributed by atoms with van der Waals surface area (Å²) in [4.78, 5) is 4.20. The lowest BCUT2D eigenvalue weighted by Gasteiger charge is -2.33. The highest BCUT2D eigenvalue weighted by Crippen LogP contribution is 2.31. The second-order valence-corrected chi connectivity index (χ2v) is 7.04. The summed E-state index contributed by atoms with van der Waals surface area (Å²) < 4.78 is 29.0. The molecule has 0 aromatic carbocycles. The zero-order valence-corrected chi connectivity index (χ0v) is 11.9. The third kappa shape index (κ3) is 2.34. The van der Waals surface area contributed by atoms with Crippen molar-refractivity contribution >= 4 is 16.0 Å². The number of nitrogens with one attached hydrogen (secondary N) is 1. The molecule has 2 heterocycles. The lowest BCUT2D eigenvalue weighted by Crippen LogP contribution is -2.47. The van der Waals surface area contributed by atoms with E-state index in [1.165, 1.54) is 10.7 Å². The highest BCUT2D eigenvalue weighted by Gasteiger charge is 2.34. The van der Waals surface area contributed by atoms with E-state index in [0.29, 0.717) is 18.3 Å². The smallest absolute Gasteiger partial charge is 0.241 e. The van der Waals surface area contributed by atoms with Gasteiger partial charge in [-0.15, -0.1) is 0 Å². The second-order valence-electron chi connectivity index (χ2n) is 5.41. The van der Waals surface area contributed by atoms with E-state index in [0.717, 1.165) is 24.8 Å². The fourth-order valence-electron chi connectivity index (χ4n) is 2.75. The molecule has 0 bridgehead atoms. The standard InChI is InChI=1S/C13H19N3O2S/c1-10(11-4-2-5-11)15-19(17,18)16-9-7-12-6-3-8-14-13(12)16/h3,6,8,10-11,15H,2,4-5,7,9H2,1H3. The predicted molar refractivity (Wildman–Crippen MR) is 74.1 cm³/mol. The van der Waals surface area contributed by atoms with Gasteiger partial charge in [0.1, 0.15) is 5.82 Å². The molecule has 1 unspecified atom stereocenters. The van der Waals surface area contributed by atoms with Crippen LogP contribution in [0.25, 0.3) is 0 Å². The van der Waals surface area contributed by atoms with E-state index in [-0.39, 0.29) is 6.04 Å². The second kappa shape index (κ2) is 4.76. The molecule has 0 radical (unpaired) electrons. The summed E-state index contributed by atoms with van der Waals surface area (Å²) in [6, 6.07) is 3.79. The van der Waals surface area contributed by atoms with Crippen LogP contribution >= 0.6 is 0 Å². The molecular weight excluding hydrogens is 262 g/mol. The van der Waals surface area contributed by atoms with Gasteiger partial charge < -0.3 is 0 Å². The average molecular weight is 281 g/mol. The highest BCUT2D eigenvalue weighted by atomic mass is 32.2. The summed E-state index contributed by atoms with van der Waals surface area (Å²) >= 11 is 0.